The summed E-state index contributed by atoms with van der Waals surface area (Å²) >= 11 is 0. The van der Waals surface area contributed by atoms with Crippen molar-refractivity contribution < 1.29 is 13.5 Å². The van der Waals surface area contributed by atoms with Crippen molar-refractivity contribution in [1.29, 1.82) is 5.26 Å². The zero-order chi connectivity index (χ0) is 10.9. The summed E-state index contributed by atoms with van der Waals surface area (Å²) < 4.78 is 30.1. The molecule has 0 radical (unpaired) electrons. The van der Waals surface area contributed by atoms with Gasteiger partial charge in [-0.3, -0.25) is 0 Å². The van der Waals surface area contributed by atoms with Gasteiger partial charge in [0, 0.05) is 12.6 Å². The Labute approximate surface area is 85.3 Å². The molecule has 0 saturated heterocycles. The molecule has 2 rings (SSSR count). The molecule has 1 saturated carbocycles. The minimum absolute atomic E-state index is 0.0846. The number of aromatic nitrogens is 1. The van der Waals surface area contributed by atoms with Gasteiger partial charge in [0.25, 0.3) is 5.92 Å². The van der Waals surface area contributed by atoms with Crippen LogP contribution in [-0.2, 0) is 0 Å². The van der Waals surface area contributed by atoms with Gasteiger partial charge in [0.05, 0.1) is 12.5 Å². The first-order chi connectivity index (χ1) is 7.13. The molecule has 1 aliphatic carbocycles. The fraction of sp³-hybridized carbons (Fsp3) is 0.400. The third kappa shape index (κ3) is 2.04. The van der Waals surface area contributed by atoms with E-state index < -0.39 is 11.8 Å². The van der Waals surface area contributed by atoms with Crippen molar-refractivity contribution in [3.8, 4) is 11.9 Å². The van der Waals surface area contributed by atoms with E-state index in [2.05, 4.69) is 4.98 Å². The van der Waals surface area contributed by atoms with E-state index in [-0.39, 0.29) is 24.5 Å². The number of alkyl halides is 2. The maximum absolute atomic E-state index is 12.5. The first-order valence-corrected chi connectivity index (χ1v) is 4.49. The molecular formula is C10H8F2N2O. The maximum atomic E-state index is 12.5. The molecule has 0 N–H and O–H groups in total. The van der Waals surface area contributed by atoms with Crippen molar-refractivity contribution in [2.75, 3.05) is 6.61 Å². The number of nitrogens with zero attached hydrogens (tertiary/aromatic N) is 2. The summed E-state index contributed by atoms with van der Waals surface area (Å²) in [6.07, 6.45) is 1.32. The molecule has 0 bridgehead atoms. The van der Waals surface area contributed by atoms with Gasteiger partial charge >= 0.3 is 0 Å². The SMILES string of the molecule is N#Cc1cccnc1OC[C@@H]1CC1(F)F. The van der Waals surface area contributed by atoms with Crippen LogP contribution in [0.5, 0.6) is 5.88 Å². The van der Waals surface area contributed by atoms with E-state index in [1.54, 1.807) is 6.07 Å². The molecule has 1 aliphatic rings. The summed E-state index contributed by atoms with van der Waals surface area (Å²) in [5, 5.41) is 8.68. The van der Waals surface area contributed by atoms with E-state index in [4.69, 9.17) is 10.00 Å². The van der Waals surface area contributed by atoms with E-state index in [0.717, 1.165) is 0 Å². The summed E-state index contributed by atoms with van der Waals surface area (Å²) in [5.41, 5.74) is 0.265. The van der Waals surface area contributed by atoms with E-state index in [9.17, 15) is 8.78 Å². The van der Waals surface area contributed by atoms with Crippen LogP contribution in [0.15, 0.2) is 18.3 Å². The van der Waals surface area contributed by atoms with E-state index in [1.165, 1.54) is 12.3 Å². The van der Waals surface area contributed by atoms with E-state index in [0.29, 0.717) is 0 Å². The van der Waals surface area contributed by atoms with Crippen LogP contribution >= 0.6 is 0 Å². The lowest BCUT2D eigenvalue weighted by molar-refractivity contribution is 0.0849. The van der Waals surface area contributed by atoms with E-state index >= 15 is 0 Å². The summed E-state index contributed by atoms with van der Waals surface area (Å²) in [6, 6.07) is 5.01. The average Bonchev–Trinajstić information content (AvgIpc) is 2.84. The van der Waals surface area contributed by atoms with Crippen LogP contribution in [-0.4, -0.2) is 17.5 Å². The Morgan fingerprint density at radius 1 is 1.67 bits per heavy atom. The highest BCUT2D eigenvalue weighted by Gasteiger charge is 2.57. The predicted molar refractivity (Wildman–Crippen MR) is 47.5 cm³/mol. The normalized spacial score (nSPS) is 21.8. The van der Waals surface area contributed by atoms with E-state index in [1.807, 2.05) is 6.07 Å². The molecule has 0 aromatic carbocycles. The van der Waals surface area contributed by atoms with Gasteiger partial charge in [-0.1, -0.05) is 0 Å². The molecule has 3 nitrogen and oxygen atoms in total. The van der Waals surface area contributed by atoms with Crippen LogP contribution in [0.4, 0.5) is 8.78 Å². The van der Waals surface area contributed by atoms with Gasteiger partial charge < -0.3 is 4.74 Å². The lowest BCUT2D eigenvalue weighted by atomic mass is 10.3. The fourth-order valence-corrected chi connectivity index (χ4v) is 1.22. The van der Waals surface area contributed by atoms with Crippen LogP contribution in [0, 0.1) is 17.2 Å². The monoisotopic (exact) mass is 210 g/mol. The lowest BCUT2D eigenvalue weighted by Crippen LogP contribution is -2.07. The van der Waals surface area contributed by atoms with Crippen molar-refractivity contribution in [3.63, 3.8) is 0 Å². The molecular weight excluding hydrogens is 202 g/mol. The Morgan fingerprint density at radius 2 is 2.40 bits per heavy atom. The zero-order valence-corrected chi connectivity index (χ0v) is 7.78. The average molecular weight is 210 g/mol. The Kier molecular flexibility index (Phi) is 2.27. The number of rotatable bonds is 3. The van der Waals surface area contributed by atoms with Gasteiger partial charge in [-0.05, 0) is 12.1 Å². The highest BCUT2D eigenvalue weighted by molar-refractivity contribution is 5.37. The first kappa shape index (κ1) is 9.84. The predicted octanol–water partition coefficient (Wildman–Crippen LogP) is 1.99. The summed E-state index contributed by atoms with van der Waals surface area (Å²) in [5.74, 6) is -3.20. The van der Waals surface area contributed by atoms with Gasteiger partial charge in [0.15, 0.2) is 0 Å². The number of halogens is 2. The number of hydrogen-bond acceptors (Lipinski definition) is 3. The molecule has 1 heterocycles. The molecule has 15 heavy (non-hydrogen) atoms. The van der Waals surface area contributed by atoms with Gasteiger partial charge in [-0.2, -0.15) is 5.26 Å². The fourth-order valence-electron chi connectivity index (χ4n) is 1.22. The molecule has 0 unspecified atom stereocenters. The van der Waals surface area contributed by atoms with Crippen molar-refractivity contribution in [2.24, 2.45) is 5.92 Å². The Balaban J connectivity index is 1.97. The Bertz CT molecular complexity index is 414. The van der Waals surface area contributed by atoms with Crippen LogP contribution in [0.2, 0.25) is 0 Å². The second-order valence-electron chi connectivity index (χ2n) is 3.44. The number of hydrogen-bond donors (Lipinski definition) is 0. The molecule has 1 aromatic heterocycles. The van der Waals surface area contributed by atoms with Crippen LogP contribution in [0.3, 0.4) is 0 Å². The highest BCUT2D eigenvalue weighted by atomic mass is 19.3. The second kappa shape index (κ2) is 3.46. The van der Waals surface area contributed by atoms with Gasteiger partial charge in [-0.15, -0.1) is 0 Å². The molecule has 1 aromatic rings. The molecule has 0 amide bonds. The van der Waals surface area contributed by atoms with Crippen LogP contribution in [0.25, 0.3) is 0 Å². The molecule has 0 aliphatic heterocycles. The summed E-state index contributed by atoms with van der Waals surface area (Å²) in [6.45, 7) is -0.0846. The van der Waals surface area contributed by atoms with Gasteiger partial charge in [0.2, 0.25) is 5.88 Å². The highest BCUT2D eigenvalue weighted by Crippen LogP contribution is 2.48. The van der Waals surface area contributed by atoms with Crippen molar-refractivity contribution in [3.05, 3.63) is 23.9 Å². The van der Waals surface area contributed by atoms with Crippen LogP contribution in [0.1, 0.15) is 12.0 Å². The number of ether oxygens (including phenoxy) is 1. The number of pyridine rings is 1. The molecule has 1 atom stereocenters. The Morgan fingerprint density at radius 3 is 3.00 bits per heavy atom. The van der Waals surface area contributed by atoms with Crippen molar-refractivity contribution in [2.45, 2.75) is 12.3 Å². The van der Waals surface area contributed by atoms with Crippen LogP contribution < -0.4 is 4.74 Å². The van der Waals surface area contributed by atoms with Crippen molar-refractivity contribution >= 4 is 0 Å². The lowest BCUT2D eigenvalue weighted by Gasteiger charge is -2.04. The van der Waals surface area contributed by atoms with Gasteiger partial charge in [-0.25, -0.2) is 13.8 Å². The van der Waals surface area contributed by atoms with Gasteiger partial charge in [0.1, 0.15) is 11.6 Å². The first-order valence-electron chi connectivity index (χ1n) is 4.49. The minimum Gasteiger partial charge on any atom is -0.476 e. The largest absolute Gasteiger partial charge is 0.476 e. The minimum atomic E-state index is -2.60. The molecule has 1 fully saturated rings. The third-order valence-corrected chi connectivity index (χ3v) is 2.27. The second-order valence-corrected chi connectivity index (χ2v) is 3.44. The standard InChI is InChI=1S/C10H8F2N2O/c11-10(12)4-8(10)6-15-9-7(5-13)2-1-3-14-9/h1-3,8H,4,6H2/t8-/m0/s1. The quantitative estimate of drug-likeness (QED) is 0.766. The maximum Gasteiger partial charge on any atom is 0.255 e. The summed E-state index contributed by atoms with van der Waals surface area (Å²) in [4.78, 5) is 3.81. The molecule has 78 valence electrons. The Hall–Kier alpha value is -1.70. The van der Waals surface area contributed by atoms with Crippen molar-refractivity contribution in [1.82, 2.24) is 4.98 Å². The summed E-state index contributed by atoms with van der Waals surface area (Å²) in [7, 11) is 0. The smallest absolute Gasteiger partial charge is 0.255 e. The third-order valence-electron chi connectivity index (χ3n) is 2.27. The topological polar surface area (TPSA) is 45.9 Å². The molecule has 5 heteroatoms. The molecule has 0 spiro atoms. The number of nitriles is 1. The zero-order valence-electron chi connectivity index (χ0n) is 7.78.